The lowest BCUT2D eigenvalue weighted by atomic mass is 10.2. The Kier molecular flexibility index (Phi) is 5.75. The third kappa shape index (κ3) is 4.47. The number of fused-ring (bicyclic) bond motifs is 1. The molecule has 0 aliphatic heterocycles. The van der Waals surface area contributed by atoms with E-state index in [1.807, 2.05) is 13.8 Å². The molecule has 2 aromatic rings. The second-order valence-corrected chi connectivity index (χ2v) is 6.13. The maximum atomic E-state index is 12.0. The highest BCUT2D eigenvalue weighted by molar-refractivity contribution is 5.84. The van der Waals surface area contributed by atoms with Gasteiger partial charge in [0.25, 0.3) is 11.6 Å². The molecule has 0 radical (unpaired) electrons. The van der Waals surface area contributed by atoms with Gasteiger partial charge in [-0.15, -0.1) is 0 Å². The minimum atomic E-state index is -1.02. The fraction of sp³-hybridized carbons (Fsp3) is 0.438. The van der Waals surface area contributed by atoms with Gasteiger partial charge in [-0.3, -0.25) is 24.3 Å². The van der Waals surface area contributed by atoms with Crippen LogP contribution in [0, 0.1) is 16.0 Å². The Morgan fingerprint density at radius 2 is 2.04 bits per heavy atom. The topological polar surface area (TPSA) is 134 Å². The number of nitro benzene ring substituents is 1. The minimum absolute atomic E-state index is 0.0141. The number of hydrogen-bond donors (Lipinski definition) is 1. The molecule has 0 aliphatic carbocycles. The van der Waals surface area contributed by atoms with Crippen molar-refractivity contribution >= 4 is 28.7 Å². The monoisotopic (exact) mass is 365 g/mol. The quantitative estimate of drug-likeness (QED) is 0.443. The van der Waals surface area contributed by atoms with Gasteiger partial charge in [-0.05, 0) is 18.9 Å². The van der Waals surface area contributed by atoms with E-state index < -0.39 is 35.2 Å². The van der Waals surface area contributed by atoms with Gasteiger partial charge in [-0.25, -0.2) is 4.79 Å². The standard InChI is InChI=1S/C16H19N3O7/c1-9(2)7-17-15(21)10(3)25-14(20)8-18-12-5-4-11(19(23)24)6-13(12)26-16(18)22/h4-6,9-10H,7-8H2,1-3H3,(H,17,21)/t10-/m1/s1. The highest BCUT2D eigenvalue weighted by Crippen LogP contribution is 2.20. The van der Waals surface area contributed by atoms with Crippen LogP contribution in [0.2, 0.25) is 0 Å². The van der Waals surface area contributed by atoms with Crippen molar-refractivity contribution in [3.63, 3.8) is 0 Å². The zero-order valence-corrected chi connectivity index (χ0v) is 14.6. The first kappa shape index (κ1) is 19.2. The van der Waals surface area contributed by atoms with Crippen LogP contribution in [0.1, 0.15) is 20.8 Å². The lowest BCUT2D eigenvalue weighted by Gasteiger charge is -2.14. The summed E-state index contributed by atoms with van der Waals surface area (Å²) in [5.41, 5.74) is -0.0365. The summed E-state index contributed by atoms with van der Waals surface area (Å²) >= 11 is 0. The van der Waals surface area contributed by atoms with Crippen LogP contribution in [0.3, 0.4) is 0 Å². The van der Waals surface area contributed by atoms with Gasteiger partial charge in [0.05, 0.1) is 16.5 Å². The third-order valence-electron chi connectivity index (χ3n) is 3.51. The fourth-order valence-corrected chi connectivity index (χ4v) is 2.18. The Hall–Kier alpha value is -3.17. The summed E-state index contributed by atoms with van der Waals surface area (Å²) in [4.78, 5) is 45.9. The first-order valence-corrected chi connectivity index (χ1v) is 7.94. The number of hydrogen-bond acceptors (Lipinski definition) is 7. The second-order valence-electron chi connectivity index (χ2n) is 6.13. The molecule has 1 heterocycles. The smallest absolute Gasteiger partial charge is 0.420 e. The van der Waals surface area contributed by atoms with Crippen LogP contribution in [-0.4, -0.2) is 34.0 Å². The minimum Gasteiger partial charge on any atom is -0.451 e. The van der Waals surface area contributed by atoms with Crippen LogP contribution in [0.4, 0.5) is 5.69 Å². The molecule has 0 bridgehead atoms. The number of non-ortho nitro benzene ring substituents is 1. The van der Waals surface area contributed by atoms with Gasteiger partial charge < -0.3 is 14.5 Å². The number of oxazole rings is 1. The summed E-state index contributed by atoms with van der Waals surface area (Å²) in [7, 11) is 0. The molecule has 0 fully saturated rings. The Labute approximate surface area is 147 Å². The molecule has 1 atom stereocenters. The van der Waals surface area contributed by atoms with Gasteiger partial charge >= 0.3 is 11.7 Å². The predicted octanol–water partition coefficient (Wildman–Crippen LogP) is 1.21. The normalized spacial score (nSPS) is 12.2. The highest BCUT2D eigenvalue weighted by atomic mass is 16.6. The van der Waals surface area contributed by atoms with Gasteiger partial charge in [0.1, 0.15) is 6.54 Å². The molecule has 1 N–H and O–H groups in total. The molecule has 0 spiro atoms. The number of aromatic nitrogens is 1. The largest absolute Gasteiger partial charge is 0.451 e. The van der Waals surface area contributed by atoms with Crippen molar-refractivity contribution in [3.8, 4) is 0 Å². The van der Waals surface area contributed by atoms with Gasteiger partial charge in [0, 0.05) is 12.6 Å². The Balaban J connectivity index is 2.09. The molecular weight excluding hydrogens is 346 g/mol. The van der Waals surface area contributed by atoms with Crippen molar-refractivity contribution in [1.29, 1.82) is 0 Å². The number of nitro groups is 1. The summed E-state index contributed by atoms with van der Waals surface area (Å²) in [5, 5.41) is 13.4. The number of amides is 1. The zero-order valence-electron chi connectivity index (χ0n) is 14.6. The second kappa shape index (κ2) is 7.81. The van der Waals surface area contributed by atoms with Crippen molar-refractivity contribution in [1.82, 2.24) is 9.88 Å². The van der Waals surface area contributed by atoms with E-state index in [1.165, 1.54) is 19.1 Å². The Morgan fingerprint density at radius 3 is 2.65 bits per heavy atom. The average Bonchev–Trinajstić information content (AvgIpc) is 2.87. The maximum absolute atomic E-state index is 12.0. The molecule has 0 saturated carbocycles. The van der Waals surface area contributed by atoms with Gasteiger partial charge in [-0.1, -0.05) is 13.8 Å². The number of rotatable bonds is 7. The molecule has 10 heteroatoms. The molecule has 1 amide bonds. The van der Waals surface area contributed by atoms with Crippen LogP contribution in [0.5, 0.6) is 0 Å². The van der Waals surface area contributed by atoms with Crippen molar-refractivity contribution in [2.24, 2.45) is 5.92 Å². The van der Waals surface area contributed by atoms with E-state index in [-0.39, 0.29) is 22.7 Å². The predicted molar refractivity (Wildman–Crippen MR) is 90.5 cm³/mol. The molecule has 140 valence electrons. The first-order chi connectivity index (χ1) is 12.2. The first-order valence-electron chi connectivity index (χ1n) is 7.94. The van der Waals surface area contributed by atoms with E-state index >= 15 is 0 Å². The van der Waals surface area contributed by atoms with Crippen LogP contribution in [0.15, 0.2) is 27.4 Å². The number of esters is 1. The van der Waals surface area contributed by atoms with Crippen molar-refractivity contribution < 1.29 is 23.7 Å². The molecule has 2 rings (SSSR count). The number of benzene rings is 1. The van der Waals surface area contributed by atoms with E-state index in [2.05, 4.69) is 5.32 Å². The van der Waals surface area contributed by atoms with E-state index in [4.69, 9.17) is 9.15 Å². The summed E-state index contributed by atoms with van der Waals surface area (Å²) < 4.78 is 10.9. The van der Waals surface area contributed by atoms with Crippen LogP contribution >= 0.6 is 0 Å². The molecule has 10 nitrogen and oxygen atoms in total. The van der Waals surface area contributed by atoms with Gasteiger partial charge in [0.15, 0.2) is 11.7 Å². The Bertz CT molecular complexity index is 897. The van der Waals surface area contributed by atoms with Gasteiger partial charge in [0.2, 0.25) is 0 Å². The highest BCUT2D eigenvalue weighted by Gasteiger charge is 2.21. The lowest BCUT2D eigenvalue weighted by molar-refractivity contribution is -0.384. The zero-order chi connectivity index (χ0) is 19.4. The van der Waals surface area contributed by atoms with Gasteiger partial charge in [-0.2, -0.15) is 0 Å². The molecular formula is C16H19N3O7. The summed E-state index contributed by atoms with van der Waals surface area (Å²) in [6, 6.07) is 3.60. The van der Waals surface area contributed by atoms with Crippen LogP contribution < -0.4 is 11.1 Å². The molecule has 1 aromatic carbocycles. The lowest BCUT2D eigenvalue weighted by Crippen LogP contribution is -2.38. The molecule has 0 saturated heterocycles. The summed E-state index contributed by atoms with van der Waals surface area (Å²) in [6.45, 7) is 5.25. The maximum Gasteiger partial charge on any atom is 0.420 e. The van der Waals surface area contributed by atoms with Crippen molar-refractivity contribution in [3.05, 3.63) is 38.9 Å². The van der Waals surface area contributed by atoms with Crippen LogP contribution in [-0.2, 0) is 20.9 Å². The average molecular weight is 365 g/mol. The van der Waals surface area contributed by atoms with Crippen molar-refractivity contribution in [2.75, 3.05) is 6.54 Å². The number of nitrogens with one attached hydrogen (secondary N) is 1. The summed E-state index contributed by atoms with van der Waals surface area (Å²) in [5.74, 6) is -1.84. The third-order valence-corrected chi connectivity index (χ3v) is 3.51. The van der Waals surface area contributed by atoms with E-state index in [1.54, 1.807) is 0 Å². The number of carbonyl (C=O) groups excluding carboxylic acids is 2. The molecule has 1 aromatic heterocycles. The van der Waals surface area contributed by atoms with E-state index in [0.717, 1.165) is 10.6 Å². The molecule has 26 heavy (non-hydrogen) atoms. The fourth-order valence-electron chi connectivity index (χ4n) is 2.18. The SMILES string of the molecule is CC(C)CNC(=O)[C@@H](C)OC(=O)Cn1c(=O)oc2cc([N+](=O)[O-])ccc21. The number of nitrogens with zero attached hydrogens (tertiary/aromatic N) is 2. The van der Waals surface area contributed by atoms with E-state index in [9.17, 15) is 24.5 Å². The molecule has 0 unspecified atom stereocenters. The number of carbonyl (C=O) groups is 2. The van der Waals surface area contributed by atoms with Crippen LogP contribution in [0.25, 0.3) is 11.1 Å². The van der Waals surface area contributed by atoms with Crippen molar-refractivity contribution in [2.45, 2.75) is 33.4 Å². The Morgan fingerprint density at radius 1 is 1.35 bits per heavy atom. The molecule has 0 aliphatic rings. The van der Waals surface area contributed by atoms with E-state index in [0.29, 0.717) is 6.54 Å². The number of ether oxygens (including phenoxy) is 1. The summed E-state index contributed by atoms with van der Waals surface area (Å²) in [6.07, 6.45) is -1.02.